The van der Waals surface area contributed by atoms with E-state index in [1.165, 1.54) is 0 Å². The fourth-order valence-electron chi connectivity index (χ4n) is 1.89. The molecule has 0 radical (unpaired) electrons. The molecule has 0 aliphatic carbocycles. The summed E-state index contributed by atoms with van der Waals surface area (Å²) in [6, 6.07) is 7.38. The van der Waals surface area contributed by atoms with Crippen molar-refractivity contribution < 1.29 is 29.9 Å². The van der Waals surface area contributed by atoms with Gasteiger partial charge in [0.2, 0.25) is 0 Å². The first-order valence-corrected chi connectivity index (χ1v) is 10.8. The molecule has 8 nitrogen and oxygen atoms in total. The second kappa shape index (κ2) is 9.33. The number of nitrogens with zero attached hydrogens (tertiary/aromatic N) is 1. The molecule has 0 saturated carbocycles. The van der Waals surface area contributed by atoms with E-state index in [-0.39, 0.29) is 13.2 Å². The summed E-state index contributed by atoms with van der Waals surface area (Å²) in [5, 5.41) is 0. The van der Waals surface area contributed by atoms with Crippen molar-refractivity contribution in [1.82, 2.24) is 4.90 Å². The molecule has 0 aliphatic heterocycles. The molecule has 0 fully saturated rings. The molecule has 0 heterocycles. The molecule has 0 atom stereocenters. The van der Waals surface area contributed by atoms with Crippen LogP contribution >= 0.6 is 0 Å². The van der Waals surface area contributed by atoms with Crippen LogP contribution in [0.3, 0.4) is 0 Å². The zero-order valence-corrected chi connectivity index (χ0v) is 15.6. The van der Waals surface area contributed by atoms with E-state index >= 15 is 0 Å². The van der Waals surface area contributed by atoms with Gasteiger partial charge in [-0.1, -0.05) is 12.1 Å². The maximum Gasteiger partial charge on any atom is 0.264 e. The molecule has 0 aliphatic rings. The lowest BCUT2D eigenvalue weighted by molar-refractivity contribution is 0.176. The summed E-state index contributed by atoms with van der Waals surface area (Å²) in [5.74, 6) is 0.728. The predicted octanol–water partition coefficient (Wildman–Crippen LogP) is 0.450. The van der Waals surface area contributed by atoms with Gasteiger partial charge in [-0.15, -0.1) is 0 Å². The molecule has 0 aromatic heterocycles. The van der Waals surface area contributed by atoms with Gasteiger partial charge in [0, 0.05) is 19.6 Å². The average Bonchev–Trinajstić information content (AvgIpc) is 2.45. The predicted molar refractivity (Wildman–Crippen MR) is 89.9 cm³/mol. The molecule has 1 aromatic rings. The first-order valence-electron chi connectivity index (χ1n) is 7.13. The second-order valence-corrected chi connectivity index (χ2v) is 8.46. The first kappa shape index (κ1) is 20.8. The highest BCUT2D eigenvalue weighted by Crippen LogP contribution is 2.13. The van der Waals surface area contributed by atoms with E-state index in [0.717, 1.165) is 23.8 Å². The molecule has 0 spiro atoms. The lowest BCUT2D eigenvalue weighted by Gasteiger charge is -2.21. The third-order valence-corrected chi connectivity index (χ3v) is 4.16. The Bertz CT molecular complexity index is 661. The third-order valence-electron chi connectivity index (χ3n) is 2.98. The summed E-state index contributed by atoms with van der Waals surface area (Å²) < 4.78 is 58.7. The summed E-state index contributed by atoms with van der Waals surface area (Å²) in [6.45, 7) is 1.07. The first-order chi connectivity index (χ1) is 11.1. The summed E-state index contributed by atoms with van der Waals surface area (Å²) in [7, 11) is -5.46. The van der Waals surface area contributed by atoms with E-state index < -0.39 is 20.2 Å². The van der Waals surface area contributed by atoms with Crippen LogP contribution < -0.4 is 4.74 Å². The van der Waals surface area contributed by atoms with Crippen molar-refractivity contribution in [2.75, 3.05) is 45.9 Å². The van der Waals surface area contributed by atoms with E-state index in [0.29, 0.717) is 19.6 Å². The van der Waals surface area contributed by atoms with E-state index in [1.54, 1.807) is 7.11 Å². The van der Waals surface area contributed by atoms with Gasteiger partial charge < -0.3 is 4.74 Å². The zero-order chi connectivity index (χ0) is 18.2. The third kappa shape index (κ3) is 9.83. The largest absolute Gasteiger partial charge is 0.497 e. The molecular formula is C14H23NO7S2. The molecule has 1 rings (SSSR count). The molecule has 0 unspecified atom stereocenters. The smallest absolute Gasteiger partial charge is 0.264 e. The minimum absolute atomic E-state index is 0.0200. The minimum atomic E-state index is -3.52. The summed E-state index contributed by atoms with van der Waals surface area (Å²) >= 11 is 0. The van der Waals surface area contributed by atoms with Crippen molar-refractivity contribution in [3.05, 3.63) is 29.8 Å². The Labute approximate surface area is 143 Å². The highest BCUT2D eigenvalue weighted by atomic mass is 32.2. The van der Waals surface area contributed by atoms with Gasteiger partial charge in [0.05, 0.1) is 32.8 Å². The Morgan fingerprint density at radius 1 is 0.875 bits per heavy atom. The van der Waals surface area contributed by atoms with Crippen LogP contribution in [-0.4, -0.2) is 67.7 Å². The van der Waals surface area contributed by atoms with Gasteiger partial charge in [0.15, 0.2) is 0 Å². The molecular weight excluding hydrogens is 358 g/mol. The van der Waals surface area contributed by atoms with Crippen LogP contribution in [0.4, 0.5) is 0 Å². The Kier molecular flexibility index (Phi) is 8.10. The highest BCUT2D eigenvalue weighted by molar-refractivity contribution is 7.86. The zero-order valence-electron chi connectivity index (χ0n) is 14.0. The molecule has 0 bridgehead atoms. The minimum Gasteiger partial charge on any atom is -0.497 e. The molecule has 24 heavy (non-hydrogen) atoms. The van der Waals surface area contributed by atoms with Crippen LogP contribution in [0.5, 0.6) is 5.75 Å². The van der Waals surface area contributed by atoms with Gasteiger partial charge in [0.25, 0.3) is 20.2 Å². The number of rotatable bonds is 11. The Balaban J connectivity index is 2.63. The maximum absolute atomic E-state index is 11.0. The molecule has 0 amide bonds. The Hall–Kier alpha value is -1.20. The second-order valence-electron chi connectivity index (χ2n) is 5.18. The van der Waals surface area contributed by atoms with Crippen molar-refractivity contribution in [3.63, 3.8) is 0 Å². The molecule has 0 N–H and O–H groups in total. The molecule has 10 heteroatoms. The summed E-state index contributed by atoms with van der Waals surface area (Å²) in [4.78, 5) is 1.85. The van der Waals surface area contributed by atoms with Crippen molar-refractivity contribution in [1.29, 1.82) is 0 Å². The van der Waals surface area contributed by atoms with Crippen molar-refractivity contribution in [2.24, 2.45) is 0 Å². The van der Waals surface area contributed by atoms with E-state index in [2.05, 4.69) is 0 Å². The molecule has 0 saturated heterocycles. The van der Waals surface area contributed by atoms with Gasteiger partial charge in [-0.25, -0.2) is 0 Å². The number of ether oxygens (including phenoxy) is 1. The van der Waals surface area contributed by atoms with E-state index in [4.69, 9.17) is 13.1 Å². The molecule has 138 valence electrons. The fourth-order valence-corrected chi connectivity index (χ4v) is 2.65. The lowest BCUT2D eigenvalue weighted by Crippen LogP contribution is -2.31. The van der Waals surface area contributed by atoms with E-state index in [9.17, 15) is 16.8 Å². The van der Waals surface area contributed by atoms with Crippen LogP contribution in [0.25, 0.3) is 0 Å². The standard InChI is InChI=1S/C14H23NO7S2/c1-20-14-6-4-13(5-7-14)12-15(8-10-21-23(2,16)17)9-11-22-24(3,18)19/h4-7H,8-12H2,1-3H3. The average molecular weight is 381 g/mol. The van der Waals surface area contributed by atoms with Crippen LogP contribution in [0.1, 0.15) is 5.56 Å². The Morgan fingerprint density at radius 3 is 1.71 bits per heavy atom. The quantitative estimate of drug-likeness (QED) is 0.510. The highest BCUT2D eigenvalue weighted by Gasteiger charge is 2.11. The number of benzene rings is 1. The van der Waals surface area contributed by atoms with Gasteiger partial charge in [-0.2, -0.15) is 16.8 Å². The van der Waals surface area contributed by atoms with Gasteiger partial charge in [0.1, 0.15) is 5.75 Å². The lowest BCUT2D eigenvalue weighted by atomic mass is 10.2. The van der Waals surface area contributed by atoms with Gasteiger partial charge >= 0.3 is 0 Å². The fraction of sp³-hybridized carbons (Fsp3) is 0.571. The number of hydrogen-bond donors (Lipinski definition) is 0. The van der Waals surface area contributed by atoms with Gasteiger partial charge in [-0.3, -0.25) is 13.3 Å². The number of methoxy groups -OCH3 is 1. The maximum atomic E-state index is 11.0. The molecule has 1 aromatic carbocycles. The van der Waals surface area contributed by atoms with Crippen molar-refractivity contribution >= 4 is 20.2 Å². The Morgan fingerprint density at radius 2 is 1.33 bits per heavy atom. The van der Waals surface area contributed by atoms with Crippen LogP contribution in [0.15, 0.2) is 24.3 Å². The SMILES string of the molecule is COc1ccc(CN(CCOS(C)(=O)=O)CCOS(C)(=O)=O)cc1. The van der Waals surface area contributed by atoms with Crippen molar-refractivity contribution in [3.8, 4) is 5.75 Å². The normalized spacial score (nSPS) is 12.5. The van der Waals surface area contributed by atoms with Crippen LogP contribution in [-0.2, 0) is 35.1 Å². The van der Waals surface area contributed by atoms with Crippen molar-refractivity contribution in [2.45, 2.75) is 6.54 Å². The summed E-state index contributed by atoms with van der Waals surface area (Å²) in [6.07, 6.45) is 1.96. The van der Waals surface area contributed by atoms with Crippen LogP contribution in [0.2, 0.25) is 0 Å². The topological polar surface area (TPSA) is 99.2 Å². The van der Waals surface area contributed by atoms with Crippen LogP contribution in [0, 0.1) is 0 Å². The van der Waals surface area contributed by atoms with E-state index in [1.807, 2.05) is 29.2 Å². The monoisotopic (exact) mass is 381 g/mol. The van der Waals surface area contributed by atoms with Gasteiger partial charge in [-0.05, 0) is 17.7 Å². The number of hydrogen-bond acceptors (Lipinski definition) is 8. The summed E-state index contributed by atoms with van der Waals surface area (Å²) in [5.41, 5.74) is 0.967.